The van der Waals surface area contributed by atoms with Gasteiger partial charge in [-0.2, -0.15) is 0 Å². The zero-order valence-electron chi connectivity index (χ0n) is 11.5. The molecular formula is C13H16N4O2S. The number of nitrogens with one attached hydrogen (secondary N) is 1. The first-order valence-electron chi connectivity index (χ1n) is 6.04. The summed E-state index contributed by atoms with van der Waals surface area (Å²) in [7, 11) is 1.32. The van der Waals surface area contributed by atoms with Crippen LogP contribution < -0.4 is 11.1 Å². The number of nitrogens with zero attached hydrogens (tertiary/aromatic N) is 2. The Hall–Kier alpha value is -2.15. The van der Waals surface area contributed by atoms with Crippen molar-refractivity contribution in [2.24, 2.45) is 0 Å². The third-order valence-electron chi connectivity index (χ3n) is 2.68. The number of carbonyl (C=O) groups excluding carboxylic acids is 1. The van der Waals surface area contributed by atoms with Crippen LogP contribution in [0.15, 0.2) is 18.5 Å². The third-order valence-corrected chi connectivity index (χ3v) is 3.77. The largest absolute Gasteiger partial charge is 0.465 e. The molecule has 0 saturated carbocycles. The number of hydrogen-bond donors (Lipinski definition) is 2. The van der Waals surface area contributed by atoms with Gasteiger partial charge in [0.1, 0.15) is 16.4 Å². The highest BCUT2D eigenvalue weighted by molar-refractivity contribution is 7.11. The van der Waals surface area contributed by atoms with Gasteiger partial charge in [0, 0.05) is 11.1 Å². The molecule has 0 amide bonds. The predicted molar refractivity (Wildman–Crippen MR) is 78.9 cm³/mol. The van der Waals surface area contributed by atoms with Crippen LogP contribution in [0.2, 0.25) is 0 Å². The van der Waals surface area contributed by atoms with Crippen molar-refractivity contribution in [3.05, 3.63) is 33.9 Å². The molecule has 20 heavy (non-hydrogen) atoms. The second-order valence-corrected chi connectivity index (χ2v) is 5.60. The van der Waals surface area contributed by atoms with Crippen molar-refractivity contribution < 1.29 is 9.53 Å². The van der Waals surface area contributed by atoms with Crippen LogP contribution in [0.5, 0.6) is 0 Å². The van der Waals surface area contributed by atoms with Gasteiger partial charge in [-0.15, -0.1) is 11.3 Å². The topological polar surface area (TPSA) is 90.1 Å². The molecule has 0 aliphatic carbocycles. The Kier molecular flexibility index (Phi) is 4.19. The van der Waals surface area contributed by atoms with Crippen molar-refractivity contribution in [2.45, 2.75) is 19.9 Å². The Morgan fingerprint density at radius 1 is 1.45 bits per heavy atom. The Bertz CT molecular complexity index is 627. The molecule has 6 nitrogen and oxygen atoms in total. The summed E-state index contributed by atoms with van der Waals surface area (Å²) >= 11 is 1.60. The molecule has 0 aliphatic rings. The molecular weight excluding hydrogens is 276 g/mol. The van der Waals surface area contributed by atoms with Gasteiger partial charge >= 0.3 is 5.97 Å². The van der Waals surface area contributed by atoms with Crippen LogP contribution in [0.4, 0.5) is 11.5 Å². The van der Waals surface area contributed by atoms with E-state index < -0.39 is 5.97 Å². The summed E-state index contributed by atoms with van der Waals surface area (Å²) in [4.78, 5) is 21.3. The molecule has 1 unspecified atom stereocenters. The summed E-state index contributed by atoms with van der Waals surface area (Å²) in [5.74, 6) is -0.0405. The van der Waals surface area contributed by atoms with Gasteiger partial charge in [-0.3, -0.25) is 0 Å². The van der Waals surface area contributed by atoms with Crippen LogP contribution in [0, 0.1) is 6.92 Å². The van der Waals surface area contributed by atoms with Crippen molar-refractivity contribution >= 4 is 28.8 Å². The number of pyridine rings is 1. The predicted octanol–water partition coefficient (Wildman–Crippen LogP) is 2.39. The average Bonchev–Trinajstić information content (AvgIpc) is 2.86. The van der Waals surface area contributed by atoms with E-state index in [4.69, 9.17) is 10.5 Å². The number of anilines is 2. The van der Waals surface area contributed by atoms with E-state index in [1.807, 2.05) is 20.0 Å². The first-order chi connectivity index (χ1) is 9.51. The molecule has 106 valence electrons. The maximum atomic E-state index is 11.7. The maximum absolute atomic E-state index is 11.7. The fourth-order valence-corrected chi connectivity index (χ4v) is 2.48. The fraction of sp³-hybridized carbons (Fsp3) is 0.308. The zero-order valence-corrected chi connectivity index (χ0v) is 12.3. The van der Waals surface area contributed by atoms with Gasteiger partial charge in [-0.25, -0.2) is 14.8 Å². The highest BCUT2D eigenvalue weighted by Crippen LogP contribution is 2.25. The SMILES string of the molecule is COC(=O)c1cc(N)cnc1NC(C)c1ncc(C)s1. The van der Waals surface area contributed by atoms with E-state index in [9.17, 15) is 4.79 Å². The molecule has 2 rings (SSSR count). The van der Waals surface area contributed by atoms with E-state index in [1.165, 1.54) is 13.3 Å². The highest BCUT2D eigenvalue weighted by atomic mass is 32.1. The standard InChI is InChI=1S/C13H16N4O2S/c1-7-5-16-12(20-7)8(2)17-11-10(13(18)19-3)4-9(14)6-15-11/h4-6,8H,14H2,1-3H3,(H,15,17). The van der Waals surface area contributed by atoms with E-state index in [0.29, 0.717) is 17.1 Å². The zero-order chi connectivity index (χ0) is 14.7. The minimum absolute atomic E-state index is 0.0618. The molecule has 0 radical (unpaired) electrons. The number of nitrogen functional groups attached to an aromatic ring is 1. The molecule has 0 aliphatic heterocycles. The molecule has 2 aromatic heterocycles. The monoisotopic (exact) mass is 292 g/mol. The molecule has 1 atom stereocenters. The lowest BCUT2D eigenvalue weighted by Gasteiger charge is -2.14. The Labute approximate surface area is 121 Å². The molecule has 0 aromatic carbocycles. The molecule has 2 heterocycles. The highest BCUT2D eigenvalue weighted by Gasteiger charge is 2.17. The second kappa shape index (κ2) is 5.87. The summed E-state index contributed by atoms with van der Waals surface area (Å²) in [6, 6.07) is 1.48. The van der Waals surface area contributed by atoms with Gasteiger partial charge in [-0.1, -0.05) is 0 Å². The number of hydrogen-bond acceptors (Lipinski definition) is 7. The minimum Gasteiger partial charge on any atom is -0.465 e. The lowest BCUT2D eigenvalue weighted by atomic mass is 10.2. The number of methoxy groups -OCH3 is 1. The third kappa shape index (κ3) is 3.05. The van der Waals surface area contributed by atoms with Crippen molar-refractivity contribution in [1.82, 2.24) is 9.97 Å². The number of ether oxygens (including phenoxy) is 1. The van der Waals surface area contributed by atoms with Gasteiger partial charge < -0.3 is 15.8 Å². The second-order valence-electron chi connectivity index (χ2n) is 4.33. The van der Waals surface area contributed by atoms with Gasteiger partial charge in [0.15, 0.2) is 0 Å². The summed E-state index contributed by atoms with van der Waals surface area (Å²) in [5, 5.41) is 4.09. The van der Waals surface area contributed by atoms with Gasteiger partial charge in [0.05, 0.1) is 25.0 Å². The van der Waals surface area contributed by atoms with Crippen LogP contribution in [0.1, 0.15) is 33.2 Å². The number of carbonyl (C=O) groups is 1. The number of rotatable bonds is 4. The number of aryl methyl sites for hydroxylation is 1. The first kappa shape index (κ1) is 14.3. The number of thiazole rings is 1. The summed E-state index contributed by atoms with van der Waals surface area (Å²) in [6.07, 6.45) is 3.31. The Balaban J connectivity index is 2.26. The normalized spacial score (nSPS) is 11.9. The lowest BCUT2D eigenvalue weighted by molar-refractivity contribution is 0.0601. The minimum atomic E-state index is -0.477. The Morgan fingerprint density at radius 3 is 2.80 bits per heavy atom. The molecule has 0 bridgehead atoms. The maximum Gasteiger partial charge on any atom is 0.341 e. The van der Waals surface area contributed by atoms with Crippen molar-refractivity contribution in [1.29, 1.82) is 0 Å². The van der Waals surface area contributed by atoms with E-state index >= 15 is 0 Å². The molecule has 0 spiro atoms. The van der Waals surface area contributed by atoms with Crippen molar-refractivity contribution in [2.75, 3.05) is 18.2 Å². The van der Waals surface area contributed by atoms with Crippen LogP contribution >= 0.6 is 11.3 Å². The average molecular weight is 292 g/mol. The van der Waals surface area contributed by atoms with E-state index in [1.54, 1.807) is 17.4 Å². The van der Waals surface area contributed by atoms with E-state index in [-0.39, 0.29) is 6.04 Å². The molecule has 2 aromatic rings. The quantitative estimate of drug-likeness (QED) is 0.841. The van der Waals surface area contributed by atoms with Crippen LogP contribution in [-0.2, 0) is 4.74 Å². The molecule has 0 fully saturated rings. The number of esters is 1. The molecule has 7 heteroatoms. The summed E-state index contributed by atoms with van der Waals surface area (Å²) in [6.45, 7) is 3.95. The van der Waals surface area contributed by atoms with Crippen LogP contribution in [-0.4, -0.2) is 23.0 Å². The lowest BCUT2D eigenvalue weighted by Crippen LogP contribution is -2.13. The van der Waals surface area contributed by atoms with Gasteiger partial charge in [0.2, 0.25) is 0 Å². The summed E-state index contributed by atoms with van der Waals surface area (Å²) in [5.41, 5.74) is 6.38. The van der Waals surface area contributed by atoms with Crippen molar-refractivity contribution in [3.8, 4) is 0 Å². The first-order valence-corrected chi connectivity index (χ1v) is 6.85. The van der Waals surface area contributed by atoms with Gasteiger partial charge in [0.25, 0.3) is 0 Å². The molecule has 0 saturated heterocycles. The number of nitrogens with two attached hydrogens (primary N) is 1. The van der Waals surface area contributed by atoms with Crippen molar-refractivity contribution in [3.63, 3.8) is 0 Å². The number of aromatic nitrogens is 2. The summed E-state index contributed by atoms with van der Waals surface area (Å²) < 4.78 is 4.74. The Morgan fingerprint density at radius 2 is 2.20 bits per heavy atom. The smallest absolute Gasteiger partial charge is 0.341 e. The van der Waals surface area contributed by atoms with E-state index in [2.05, 4.69) is 15.3 Å². The fourth-order valence-electron chi connectivity index (χ4n) is 1.70. The van der Waals surface area contributed by atoms with Crippen LogP contribution in [0.3, 0.4) is 0 Å². The van der Waals surface area contributed by atoms with Crippen LogP contribution in [0.25, 0.3) is 0 Å². The van der Waals surface area contributed by atoms with E-state index in [0.717, 1.165) is 9.88 Å². The molecule has 3 N–H and O–H groups in total. The van der Waals surface area contributed by atoms with Gasteiger partial charge in [-0.05, 0) is 19.9 Å².